The third-order valence-electron chi connectivity index (χ3n) is 4.37. The predicted octanol–water partition coefficient (Wildman–Crippen LogP) is 3.10. The van der Waals surface area contributed by atoms with E-state index in [2.05, 4.69) is 10.6 Å². The summed E-state index contributed by atoms with van der Waals surface area (Å²) in [7, 11) is 0. The van der Waals surface area contributed by atoms with Gasteiger partial charge in [-0.15, -0.1) is 12.4 Å². The molecule has 4 N–H and O–H groups in total. The Labute approximate surface area is 150 Å². The molecule has 0 heterocycles. The smallest absolute Gasteiger partial charge is 0.253 e. The van der Waals surface area contributed by atoms with Gasteiger partial charge >= 0.3 is 0 Å². The lowest BCUT2D eigenvalue weighted by Gasteiger charge is -2.12. The van der Waals surface area contributed by atoms with Crippen LogP contribution in [0.25, 0.3) is 0 Å². The van der Waals surface area contributed by atoms with Crippen LogP contribution in [0, 0.1) is 5.92 Å². The molecule has 0 atom stereocenters. The first-order valence-corrected chi connectivity index (χ1v) is 8.58. The van der Waals surface area contributed by atoms with Crippen molar-refractivity contribution in [2.45, 2.75) is 44.9 Å². The van der Waals surface area contributed by atoms with E-state index in [-0.39, 0.29) is 24.2 Å². The molecule has 2 amide bonds. The first-order chi connectivity index (χ1) is 11.2. The van der Waals surface area contributed by atoms with Gasteiger partial charge in [-0.25, -0.2) is 0 Å². The first kappa shape index (κ1) is 20.5. The van der Waals surface area contributed by atoms with Gasteiger partial charge in [0.05, 0.1) is 11.3 Å². The van der Waals surface area contributed by atoms with Crippen LogP contribution >= 0.6 is 12.4 Å². The fraction of sp³-hybridized carbons (Fsp3) is 0.556. The quantitative estimate of drug-likeness (QED) is 0.671. The van der Waals surface area contributed by atoms with Gasteiger partial charge in [-0.05, 0) is 30.9 Å². The fourth-order valence-corrected chi connectivity index (χ4v) is 3.13. The van der Waals surface area contributed by atoms with Crippen molar-refractivity contribution in [3.8, 4) is 0 Å². The Morgan fingerprint density at radius 1 is 1.17 bits per heavy atom. The summed E-state index contributed by atoms with van der Waals surface area (Å²) in [5.74, 6) is 0.566. The molecule has 1 aromatic carbocycles. The Hall–Kier alpha value is -1.59. The molecular formula is C18H28ClN3O2. The number of carbonyl (C=O) groups excluding carboxylic acids is 2. The monoisotopic (exact) mass is 353 g/mol. The van der Waals surface area contributed by atoms with E-state index in [0.717, 1.165) is 18.8 Å². The molecule has 0 unspecified atom stereocenters. The van der Waals surface area contributed by atoms with Crippen LogP contribution in [0.3, 0.4) is 0 Å². The molecule has 1 aromatic rings. The molecule has 5 nitrogen and oxygen atoms in total. The molecule has 0 saturated heterocycles. The van der Waals surface area contributed by atoms with Crippen LogP contribution in [0.5, 0.6) is 0 Å². The van der Waals surface area contributed by atoms with Gasteiger partial charge in [0.15, 0.2) is 0 Å². The summed E-state index contributed by atoms with van der Waals surface area (Å²) in [5.41, 5.74) is 6.44. The second kappa shape index (κ2) is 11.0. The molecule has 0 bridgehead atoms. The average molecular weight is 354 g/mol. The van der Waals surface area contributed by atoms with Crippen LogP contribution < -0.4 is 16.4 Å². The molecule has 0 aliphatic heterocycles. The van der Waals surface area contributed by atoms with Crippen LogP contribution in [-0.4, -0.2) is 24.9 Å². The molecule has 6 heteroatoms. The zero-order valence-electron chi connectivity index (χ0n) is 14.1. The number of nitrogens with one attached hydrogen (secondary N) is 2. The highest BCUT2D eigenvalue weighted by molar-refractivity contribution is 6.03. The second-order valence-corrected chi connectivity index (χ2v) is 6.18. The number of para-hydroxylation sites is 1. The van der Waals surface area contributed by atoms with Crippen molar-refractivity contribution in [1.82, 2.24) is 5.32 Å². The van der Waals surface area contributed by atoms with Crippen LogP contribution in [0.15, 0.2) is 24.3 Å². The molecule has 134 valence electrons. The summed E-state index contributed by atoms with van der Waals surface area (Å²) >= 11 is 0. The Balaban J connectivity index is 0.00000288. The third-order valence-corrected chi connectivity index (χ3v) is 4.37. The van der Waals surface area contributed by atoms with Crippen molar-refractivity contribution in [2.24, 2.45) is 11.7 Å². The maximum atomic E-state index is 12.1. The van der Waals surface area contributed by atoms with Crippen LogP contribution in [-0.2, 0) is 4.79 Å². The summed E-state index contributed by atoms with van der Waals surface area (Å²) in [6, 6.07) is 7.06. The molecule has 1 saturated carbocycles. The zero-order chi connectivity index (χ0) is 16.5. The molecule has 1 aliphatic rings. The number of benzene rings is 1. The Morgan fingerprint density at radius 2 is 1.88 bits per heavy atom. The lowest BCUT2D eigenvalue weighted by molar-refractivity contribution is -0.116. The number of anilines is 1. The van der Waals surface area contributed by atoms with Gasteiger partial charge in [-0.2, -0.15) is 0 Å². The number of halogens is 1. The lowest BCUT2D eigenvalue weighted by Crippen LogP contribution is -2.29. The Kier molecular flexibility index (Phi) is 9.42. The van der Waals surface area contributed by atoms with Crippen molar-refractivity contribution in [3.05, 3.63) is 29.8 Å². The van der Waals surface area contributed by atoms with Gasteiger partial charge in [0.1, 0.15) is 0 Å². The highest BCUT2D eigenvalue weighted by Gasteiger charge is 2.16. The zero-order valence-corrected chi connectivity index (χ0v) is 14.9. The largest absolute Gasteiger partial charge is 0.351 e. The minimum absolute atomic E-state index is 0. The summed E-state index contributed by atoms with van der Waals surface area (Å²) in [4.78, 5) is 24.2. The van der Waals surface area contributed by atoms with E-state index < -0.39 is 0 Å². The van der Waals surface area contributed by atoms with E-state index in [1.807, 2.05) is 6.07 Å². The van der Waals surface area contributed by atoms with Crippen LogP contribution in [0.1, 0.15) is 55.3 Å². The molecule has 0 radical (unpaired) electrons. The highest BCUT2D eigenvalue weighted by atomic mass is 35.5. The third kappa shape index (κ3) is 6.49. The SMILES string of the molecule is Cl.NCCNC(=O)c1ccccc1NC(=O)CCCC1CCCC1. The van der Waals surface area contributed by atoms with E-state index in [9.17, 15) is 9.59 Å². The van der Waals surface area contributed by atoms with E-state index in [4.69, 9.17) is 5.73 Å². The van der Waals surface area contributed by atoms with Gasteiger partial charge in [0.2, 0.25) is 5.91 Å². The maximum absolute atomic E-state index is 12.1. The standard InChI is InChI=1S/C18H27N3O2.ClH/c19-12-13-20-18(23)15-9-3-4-10-16(15)21-17(22)11-5-8-14-6-1-2-7-14;/h3-4,9-10,14H,1-2,5-8,11-13,19H2,(H,20,23)(H,21,22);1H. The van der Waals surface area contributed by atoms with Crippen molar-refractivity contribution in [1.29, 1.82) is 0 Å². The molecule has 0 spiro atoms. The van der Waals surface area contributed by atoms with Crippen LogP contribution in [0.4, 0.5) is 5.69 Å². The normalized spacial score (nSPS) is 14.0. The summed E-state index contributed by atoms with van der Waals surface area (Å²) < 4.78 is 0. The number of hydrogen-bond donors (Lipinski definition) is 3. The van der Waals surface area contributed by atoms with Gasteiger partial charge < -0.3 is 16.4 Å². The molecular weight excluding hydrogens is 326 g/mol. The molecule has 24 heavy (non-hydrogen) atoms. The fourth-order valence-electron chi connectivity index (χ4n) is 3.13. The van der Waals surface area contributed by atoms with Gasteiger partial charge in [0, 0.05) is 19.5 Å². The van der Waals surface area contributed by atoms with E-state index in [1.165, 1.54) is 25.7 Å². The number of amides is 2. The number of nitrogens with two attached hydrogens (primary N) is 1. The minimum Gasteiger partial charge on any atom is -0.351 e. The van der Waals surface area contributed by atoms with E-state index in [0.29, 0.717) is 30.8 Å². The lowest BCUT2D eigenvalue weighted by atomic mass is 10.0. The first-order valence-electron chi connectivity index (χ1n) is 8.58. The van der Waals surface area contributed by atoms with Crippen molar-refractivity contribution in [2.75, 3.05) is 18.4 Å². The maximum Gasteiger partial charge on any atom is 0.253 e. The van der Waals surface area contributed by atoms with Crippen molar-refractivity contribution < 1.29 is 9.59 Å². The van der Waals surface area contributed by atoms with E-state index in [1.54, 1.807) is 18.2 Å². The topological polar surface area (TPSA) is 84.2 Å². The Bertz CT molecular complexity index is 531. The molecule has 2 rings (SSSR count). The average Bonchev–Trinajstić information content (AvgIpc) is 3.06. The van der Waals surface area contributed by atoms with Gasteiger partial charge in [0.25, 0.3) is 5.91 Å². The minimum atomic E-state index is -0.211. The van der Waals surface area contributed by atoms with Crippen molar-refractivity contribution >= 4 is 29.9 Å². The van der Waals surface area contributed by atoms with Crippen molar-refractivity contribution in [3.63, 3.8) is 0 Å². The summed E-state index contributed by atoms with van der Waals surface area (Å²) in [6.45, 7) is 0.809. The summed E-state index contributed by atoms with van der Waals surface area (Å²) in [6.07, 6.45) is 7.85. The Morgan fingerprint density at radius 3 is 2.58 bits per heavy atom. The second-order valence-electron chi connectivity index (χ2n) is 6.18. The molecule has 1 fully saturated rings. The highest BCUT2D eigenvalue weighted by Crippen LogP contribution is 2.29. The predicted molar refractivity (Wildman–Crippen MR) is 99.5 cm³/mol. The number of hydrogen-bond acceptors (Lipinski definition) is 3. The number of rotatable bonds is 8. The van der Waals surface area contributed by atoms with Gasteiger partial charge in [-0.3, -0.25) is 9.59 Å². The van der Waals surface area contributed by atoms with Gasteiger partial charge in [-0.1, -0.05) is 37.8 Å². The number of carbonyl (C=O) groups is 2. The molecule has 0 aromatic heterocycles. The van der Waals surface area contributed by atoms with Crippen LogP contribution in [0.2, 0.25) is 0 Å². The van der Waals surface area contributed by atoms with E-state index >= 15 is 0 Å². The summed E-state index contributed by atoms with van der Waals surface area (Å²) in [5, 5.41) is 5.59. The molecule has 1 aliphatic carbocycles.